The number of phenolic OH excluding ortho intramolecular Hbond substituents is 1. The number of Topliss-reactive ketones (excluding diaryl/α,β-unsaturated/α-hetero) is 1. The summed E-state index contributed by atoms with van der Waals surface area (Å²) in [6, 6.07) is 15.5. The highest BCUT2D eigenvalue weighted by molar-refractivity contribution is 7.22. The fourth-order valence-corrected chi connectivity index (χ4v) is 5.52. The van der Waals surface area contributed by atoms with Crippen LogP contribution in [0.15, 0.2) is 66.2 Å². The van der Waals surface area contributed by atoms with Gasteiger partial charge in [-0.15, -0.1) is 0 Å². The van der Waals surface area contributed by atoms with Gasteiger partial charge in [-0.25, -0.2) is 4.98 Å². The number of carbonyl (C=O) groups excluding carboxylic acids is 2. The van der Waals surface area contributed by atoms with Crippen molar-refractivity contribution < 1.29 is 34.0 Å². The summed E-state index contributed by atoms with van der Waals surface area (Å²) >= 11 is 1.23. The Labute approximate surface area is 228 Å². The zero-order valence-electron chi connectivity index (χ0n) is 21.5. The number of fused-ring (bicyclic) bond motifs is 1. The number of aromatic hydroxyl groups is 1. The first-order valence-electron chi connectivity index (χ1n) is 12.3. The molecule has 1 fully saturated rings. The Hall–Kier alpha value is -4.57. The number of benzene rings is 3. The van der Waals surface area contributed by atoms with Crippen LogP contribution >= 0.6 is 11.3 Å². The molecule has 4 aromatic rings. The highest BCUT2D eigenvalue weighted by Gasteiger charge is 2.48. The van der Waals surface area contributed by atoms with E-state index in [-0.39, 0.29) is 28.0 Å². The predicted molar refractivity (Wildman–Crippen MR) is 148 cm³/mol. The highest BCUT2D eigenvalue weighted by Crippen LogP contribution is 2.46. The second-order valence-electron chi connectivity index (χ2n) is 8.62. The number of ether oxygens (including phenoxy) is 3. The Kier molecular flexibility index (Phi) is 7.12. The van der Waals surface area contributed by atoms with Crippen LogP contribution in [0.25, 0.3) is 16.0 Å². The molecule has 10 heteroatoms. The second kappa shape index (κ2) is 10.7. The zero-order chi connectivity index (χ0) is 27.7. The van der Waals surface area contributed by atoms with Gasteiger partial charge in [0, 0.05) is 5.56 Å². The molecule has 1 saturated heterocycles. The normalized spacial score (nSPS) is 16.6. The maximum Gasteiger partial charge on any atom is 0.301 e. The lowest BCUT2D eigenvalue weighted by atomic mass is 9.95. The number of amides is 1. The monoisotopic (exact) mass is 546 g/mol. The van der Waals surface area contributed by atoms with Crippen molar-refractivity contribution in [1.82, 2.24) is 4.98 Å². The number of ketones is 1. The Morgan fingerprint density at radius 1 is 1.00 bits per heavy atom. The Morgan fingerprint density at radius 2 is 1.79 bits per heavy atom. The fraction of sp³-hybridized carbons (Fsp3) is 0.207. The van der Waals surface area contributed by atoms with Crippen molar-refractivity contribution in [1.29, 1.82) is 0 Å². The number of nitrogens with zero attached hydrogens (tertiary/aromatic N) is 2. The van der Waals surface area contributed by atoms with Gasteiger partial charge in [-0.05, 0) is 61.9 Å². The summed E-state index contributed by atoms with van der Waals surface area (Å²) in [5.41, 5.74) is 1.28. The third kappa shape index (κ3) is 4.74. The summed E-state index contributed by atoms with van der Waals surface area (Å²) in [5.74, 6) is -0.812. The summed E-state index contributed by atoms with van der Waals surface area (Å²) in [4.78, 5) is 33.0. The molecule has 2 heterocycles. The number of methoxy groups -OCH3 is 1. The zero-order valence-corrected chi connectivity index (χ0v) is 22.3. The van der Waals surface area contributed by atoms with Crippen molar-refractivity contribution in [2.75, 3.05) is 25.2 Å². The Morgan fingerprint density at radius 3 is 2.54 bits per heavy atom. The fourth-order valence-electron chi connectivity index (χ4n) is 4.50. The average Bonchev–Trinajstić information content (AvgIpc) is 3.47. The third-order valence-electron chi connectivity index (χ3n) is 6.25. The minimum atomic E-state index is -1.04. The highest BCUT2D eigenvalue weighted by atomic mass is 32.1. The van der Waals surface area contributed by atoms with E-state index >= 15 is 0 Å². The molecule has 0 bridgehead atoms. The van der Waals surface area contributed by atoms with Gasteiger partial charge < -0.3 is 24.4 Å². The van der Waals surface area contributed by atoms with Crippen molar-refractivity contribution in [3.63, 3.8) is 0 Å². The van der Waals surface area contributed by atoms with Crippen molar-refractivity contribution in [2.45, 2.75) is 19.9 Å². The van der Waals surface area contributed by atoms with Gasteiger partial charge in [-0.1, -0.05) is 29.5 Å². The molecule has 0 spiro atoms. The molecule has 0 aliphatic carbocycles. The van der Waals surface area contributed by atoms with E-state index in [0.29, 0.717) is 41.4 Å². The van der Waals surface area contributed by atoms with Crippen LogP contribution in [-0.4, -0.2) is 47.2 Å². The molecular formula is C29H26N2O7S. The van der Waals surface area contributed by atoms with Gasteiger partial charge in [0.15, 0.2) is 16.6 Å². The van der Waals surface area contributed by atoms with Crippen LogP contribution in [0.4, 0.5) is 5.13 Å². The smallest absolute Gasteiger partial charge is 0.301 e. The number of aromatic nitrogens is 1. The molecule has 3 aromatic carbocycles. The van der Waals surface area contributed by atoms with Gasteiger partial charge in [0.25, 0.3) is 5.78 Å². The van der Waals surface area contributed by atoms with E-state index < -0.39 is 17.7 Å². The number of aliphatic hydroxyl groups is 1. The third-order valence-corrected chi connectivity index (χ3v) is 7.27. The lowest BCUT2D eigenvalue weighted by Gasteiger charge is -2.23. The first-order valence-corrected chi connectivity index (χ1v) is 13.1. The van der Waals surface area contributed by atoms with E-state index in [1.807, 2.05) is 13.0 Å². The topological polar surface area (TPSA) is 118 Å². The summed E-state index contributed by atoms with van der Waals surface area (Å²) in [7, 11) is 1.49. The van der Waals surface area contributed by atoms with Gasteiger partial charge >= 0.3 is 5.91 Å². The van der Waals surface area contributed by atoms with Gasteiger partial charge in [-0.2, -0.15) is 0 Å². The van der Waals surface area contributed by atoms with Crippen LogP contribution in [0.3, 0.4) is 0 Å². The summed E-state index contributed by atoms with van der Waals surface area (Å²) < 4.78 is 17.2. The average molecular weight is 547 g/mol. The number of carbonyl (C=O) groups is 2. The van der Waals surface area contributed by atoms with Gasteiger partial charge in [-0.3, -0.25) is 14.5 Å². The number of phenols is 1. The van der Waals surface area contributed by atoms with E-state index in [2.05, 4.69) is 4.98 Å². The summed E-state index contributed by atoms with van der Waals surface area (Å²) in [6.07, 6.45) is 0. The Balaban J connectivity index is 1.72. The minimum Gasteiger partial charge on any atom is -0.507 e. The number of anilines is 1. The molecule has 0 radical (unpaired) electrons. The lowest BCUT2D eigenvalue weighted by Crippen LogP contribution is -2.29. The molecule has 5 rings (SSSR count). The first kappa shape index (κ1) is 26.1. The summed E-state index contributed by atoms with van der Waals surface area (Å²) in [5, 5.41) is 22.0. The number of rotatable bonds is 8. The van der Waals surface area contributed by atoms with Gasteiger partial charge in [0.1, 0.15) is 17.3 Å². The molecule has 1 aromatic heterocycles. The van der Waals surface area contributed by atoms with E-state index in [1.165, 1.54) is 29.4 Å². The molecule has 1 unspecified atom stereocenters. The number of thiazole rings is 1. The molecule has 1 atom stereocenters. The standard InChI is InChI=1S/C29H26N2O7S/c1-4-37-19-10-11-20-23(15-19)39-29(30-20)31-25(16-9-12-21(32)22(14-16)38-5-2)24(27(34)28(31)35)26(33)17-7-6-8-18(13-17)36-3/h6-15,25,32-33H,4-5H2,1-3H3. The van der Waals surface area contributed by atoms with E-state index in [4.69, 9.17) is 14.2 Å². The minimum absolute atomic E-state index is 0.0891. The number of hydrogen-bond acceptors (Lipinski definition) is 9. The van der Waals surface area contributed by atoms with E-state index in [1.54, 1.807) is 55.5 Å². The van der Waals surface area contributed by atoms with Crippen LogP contribution in [0, 0.1) is 0 Å². The van der Waals surface area contributed by atoms with Crippen LogP contribution in [0.1, 0.15) is 31.0 Å². The van der Waals surface area contributed by atoms with Crippen LogP contribution < -0.4 is 19.1 Å². The second-order valence-corrected chi connectivity index (χ2v) is 9.63. The molecule has 9 nitrogen and oxygen atoms in total. The molecule has 1 amide bonds. The van der Waals surface area contributed by atoms with Gasteiger partial charge in [0.2, 0.25) is 0 Å². The van der Waals surface area contributed by atoms with Crippen LogP contribution in [-0.2, 0) is 9.59 Å². The molecule has 1 aliphatic rings. The maximum atomic E-state index is 13.6. The van der Waals surface area contributed by atoms with E-state index in [9.17, 15) is 19.8 Å². The molecule has 0 saturated carbocycles. The SMILES string of the molecule is CCOc1ccc2nc(N3C(=O)C(=O)C(=C(O)c4cccc(OC)c4)C3c3ccc(O)c(OCC)c3)sc2c1. The maximum absolute atomic E-state index is 13.6. The first-order chi connectivity index (χ1) is 18.9. The van der Waals surface area contributed by atoms with Gasteiger partial charge in [0.05, 0.1) is 42.2 Å². The molecule has 200 valence electrons. The van der Waals surface area contributed by atoms with Crippen molar-refractivity contribution >= 4 is 44.1 Å². The van der Waals surface area contributed by atoms with Crippen molar-refractivity contribution in [3.8, 4) is 23.0 Å². The largest absolute Gasteiger partial charge is 0.507 e. The van der Waals surface area contributed by atoms with Crippen LogP contribution in [0.5, 0.6) is 23.0 Å². The molecular weight excluding hydrogens is 520 g/mol. The van der Waals surface area contributed by atoms with Crippen LogP contribution in [0.2, 0.25) is 0 Å². The summed E-state index contributed by atoms with van der Waals surface area (Å²) in [6.45, 7) is 4.46. The lowest BCUT2D eigenvalue weighted by molar-refractivity contribution is -0.132. The molecule has 39 heavy (non-hydrogen) atoms. The predicted octanol–water partition coefficient (Wildman–Crippen LogP) is 5.43. The number of aliphatic hydroxyl groups excluding tert-OH is 1. The Bertz CT molecular complexity index is 1610. The molecule has 2 N–H and O–H groups in total. The van der Waals surface area contributed by atoms with E-state index in [0.717, 1.165) is 4.70 Å². The molecule has 1 aliphatic heterocycles. The number of hydrogen-bond donors (Lipinski definition) is 2. The quantitative estimate of drug-likeness (QED) is 0.171. The van der Waals surface area contributed by atoms with Crippen molar-refractivity contribution in [3.05, 3.63) is 77.4 Å². The van der Waals surface area contributed by atoms with Crippen molar-refractivity contribution in [2.24, 2.45) is 0 Å².